The molecule has 2 unspecified atom stereocenters. The van der Waals surface area contributed by atoms with Gasteiger partial charge in [-0.1, -0.05) is 19.8 Å². The molecule has 1 aromatic rings. The molecule has 0 spiro atoms. The van der Waals surface area contributed by atoms with Gasteiger partial charge in [-0.25, -0.2) is 13.1 Å². The molecule has 0 aliphatic heterocycles. The zero-order valence-electron chi connectivity index (χ0n) is 10.4. The van der Waals surface area contributed by atoms with E-state index in [0.29, 0.717) is 10.8 Å². The van der Waals surface area contributed by atoms with Gasteiger partial charge in [-0.15, -0.1) is 0 Å². The van der Waals surface area contributed by atoms with Gasteiger partial charge >= 0.3 is 0 Å². The van der Waals surface area contributed by atoms with E-state index in [1.54, 1.807) is 12.1 Å². The Bertz CT molecular complexity index is 498. The second kappa shape index (κ2) is 5.88. The van der Waals surface area contributed by atoms with Gasteiger partial charge in [0, 0.05) is 9.61 Å². The summed E-state index contributed by atoms with van der Waals surface area (Å²) < 4.78 is 28.4. The van der Waals surface area contributed by atoms with Crippen molar-refractivity contribution in [1.82, 2.24) is 4.72 Å². The van der Waals surface area contributed by atoms with Crippen molar-refractivity contribution in [3.63, 3.8) is 0 Å². The summed E-state index contributed by atoms with van der Waals surface area (Å²) in [6, 6.07) is 7.05. The minimum atomic E-state index is -3.36. The van der Waals surface area contributed by atoms with Crippen LogP contribution in [0.25, 0.3) is 0 Å². The van der Waals surface area contributed by atoms with Crippen molar-refractivity contribution in [2.24, 2.45) is 5.92 Å². The zero-order chi connectivity index (χ0) is 13.2. The lowest BCUT2D eigenvalue weighted by molar-refractivity contribution is 0.310. The number of sulfonamides is 1. The van der Waals surface area contributed by atoms with Crippen molar-refractivity contribution in [3.05, 3.63) is 27.8 Å². The maximum Gasteiger partial charge on any atom is 0.240 e. The molecule has 3 nitrogen and oxygen atoms in total. The normalized spacial score (nSPS) is 25.0. The van der Waals surface area contributed by atoms with Crippen LogP contribution >= 0.6 is 22.6 Å². The van der Waals surface area contributed by atoms with Gasteiger partial charge in [0.15, 0.2) is 0 Å². The van der Waals surface area contributed by atoms with E-state index in [-0.39, 0.29) is 6.04 Å². The topological polar surface area (TPSA) is 46.2 Å². The maximum absolute atomic E-state index is 12.2. The van der Waals surface area contributed by atoms with E-state index in [4.69, 9.17) is 0 Å². The van der Waals surface area contributed by atoms with Gasteiger partial charge < -0.3 is 0 Å². The van der Waals surface area contributed by atoms with Crippen molar-refractivity contribution in [2.45, 2.75) is 43.5 Å². The van der Waals surface area contributed by atoms with E-state index in [9.17, 15) is 8.42 Å². The van der Waals surface area contributed by atoms with E-state index < -0.39 is 10.0 Å². The maximum atomic E-state index is 12.2. The average molecular weight is 379 g/mol. The van der Waals surface area contributed by atoms with Crippen LogP contribution < -0.4 is 4.72 Å². The van der Waals surface area contributed by atoms with Crippen molar-refractivity contribution in [2.75, 3.05) is 0 Å². The minimum absolute atomic E-state index is 0.0861. The Hall–Kier alpha value is -0.140. The smallest absolute Gasteiger partial charge is 0.208 e. The molecule has 1 aromatic carbocycles. The van der Waals surface area contributed by atoms with Gasteiger partial charge in [0.05, 0.1) is 4.90 Å². The summed E-state index contributed by atoms with van der Waals surface area (Å²) in [6.45, 7) is 2.13. The molecular formula is C13H18INO2S. The highest BCUT2D eigenvalue weighted by Crippen LogP contribution is 2.25. The van der Waals surface area contributed by atoms with E-state index in [1.807, 2.05) is 12.1 Å². The standard InChI is InChI=1S/C13H18INO2S/c1-10-4-2-3-5-13(10)15-18(16,17)12-8-6-11(14)7-9-12/h6-10,13,15H,2-5H2,1H3. The molecule has 5 heteroatoms. The fourth-order valence-electron chi connectivity index (χ4n) is 2.37. The van der Waals surface area contributed by atoms with E-state index in [2.05, 4.69) is 34.2 Å². The Morgan fingerprint density at radius 3 is 2.39 bits per heavy atom. The van der Waals surface area contributed by atoms with Crippen molar-refractivity contribution in [3.8, 4) is 0 Å². The highest BCUT2D eigenvalue weighted by atomic mass is 127. The molecule has 1 aliphatic rings. The molecule has 0 heterocycles. The number of benzene rings is 1. The van der Waals surface area contributed by atoms with Gasteiger partial charge in [-0.2, -0.15) is 0 Å². The quantitative estimate of drug-likeness (QED) is 0.821. The molecule has 0 radical (unpaired) electrons. The van der Waals surface area contributed by atoms with Gasteiger partial charge in [0.2, 0.25) is 10.0 Å². The molecule has 0 saturated heterocycles. The summed E-state index contributed by atoms with van der Waals surface area (Å²) in [4.78, 5) is 0.362. The molecular weight excluding hydrogens is 361 g/mol. The number of rotatable bonds is 3. The van der Waals surface area contributed by atoms with Crippen molar-refractivity contribution >= 4 is 32.6 Å². The molecule has 18 heavy (non-hydrogen) atoms. The third-order valence-corrected chi connectivity index (χ3v) is 5.77. The first kappa shape index (κ1) is 14.3. The van der Waals surface area contributed by atoms with E-state index >= 15 is 0 Å². The molecule has 0 amide bonds. The Morgan fingerprint density at radius 1 is 1.17 bits per heavy atom. The summed E-state index contributed by atoms with van der Waals surface area (Å²) in [5.41, 5.74) is 0. The van der Waals surface area contributed by atoms with Crippen LogP contribution in [0.3, 0.4) is 0 Å². The molecule has 1 saturated carbocycles. The summed E-state index contributed by atoms with van der Waals surface area (Å²) in [5.74, 6) is 0.428. The summed E-state index contributed by atoms with van der Waals surface area (Å²) in [7, 11) is -3.36. The average Bonchev–Trinajstić information content (AvgIpc) is 2.32. The SMILES string of the molecule is CC1CCCCC1NS(=O)(=O)c1ccc(I)cc1. The highest BCUT2D eigenvalue weighted by molar-refractivity contribution is 14.1. The number of halogens is 1. The minimum Gasteiger partial charge on any atom is -0.208 e. The second-order valence-corrected chi connectivity index (χ2v) is 7.90. The molecule has 1 aliphatic carbocycles. The molecule has 2 atom stereocenters. The third-order valence-electron chi connectivity index (χ3n) is 3.54. The predicted molar refractivity (Wildman–Crippen MR) is 80.9 cm³/mol. The highest BCUT2D eigenvalue weighted by Gasteiger charge is 2.26. The summed E-state index contributed by atoms with van der Waals surface area (Å²) in [6.07, 6.45) is 4.39. The first-order valence-corrected chi connectivity index (χ1v) is 8.83. The van der Waals surface area contributed by atoms with Gasteiger partial charge in [-0.05, 0) is 65.6 Å². The third kappa shape index (κ3) is 3.45. The number of nitrogens with one attached hydrogen (secondary N) is 1. The Morgan fingerprint density at radius 2 is 1.78 bits per heavy atom. The number of hydrogen-bond donors (Lipinski definition) is 1. The van der Waals surface area contributed by atoms with Crippen LogP contribution in [0.2, 0.25) is 0 Å². The van der Waals surface area contributed by atoms with Crippen molar-refractivity contribution < 1.29 is 8.42 Å². The lowest BCUT2D eigenvalue weighted by Crippen LogP contribution is -2.40. The second-order valence-electron chi connectivity index (χ2n) is 4.94. The molecule has 0 aromatic heterocycles. The Balaban J connectivity index is 2.13. The Labute approximate surface area is 123 Å². The molecule has 1 fully saturated rings. The van der Waals surface area contributed by atoms with E-state index in [0.717, 1.165) is 22.8 Å². The zero-order valence-corrected chi connectivity index (χ0v) is 13.4. The van der Waals surface area contributed by atoms with Gasteiger partial charge in [-0.3, -0.25) is 0 Å². The van der Waals surface area contributed by atoms with Gasteiger partial charge in [0.25, 0.3) is 0 Å². The molecule has 0 bridgehead atoms. The first-order chi connectivity index (χ1) is 8.49. The van der Waals surface area contributed by atoms with Gasteiger partial charge in [0.1, 0.15) is 0 Å². The number of hydrogen-bond acceptors (Lipinski definition) is 2. The Kier molecular flexibility index (Phi) is 4.66. The largest absolute Gasteiger partial charge is 0.240 e. The van der Waals surface area contributed by atoms with Crippen LogP contribution in [0.5, 0.6) is 0 Å². The van der Waals surface area contributed by atoms with Crippen LogP contribution in [0.1, 0.15) is 32.6 Å². The van der Waals surface area contributed by atoms with Crippen LogP contribution in [0.15, 0.2) is 29.2 Å². The van der Waals surface area contributed by atoms with Crippen molar-refractivity contribution in [1.29, 1.82) is 0 Å². The summed E-state index contributed by atoms with van der Waals surface area (Å²) >= 11 is 2.17. The summed E-state index contributed by atoms with van der Waals surface area (Å²) in [5, 5.41) is 0. The van der Waals surface area contributed by atoms with Crippen LogP contribution in [-0.4, -0.2) is 14.5 Å². The molecule has 1 N–H and O–H groups in total. The molecule has 2 rings (SSSR count). The fraction of sp³-hybridized carbons (Fsp3) is 0.538. The monoisotopic (exact) mass is 379 g/mol. The predicted octanol–water partition coefficient (Wildman–Crippen LogP) is 3.15. The lowest BCUT2D eigenvalue weighted by atomic mass is 9.87. The van der Waals surface area contributed by atoms with E-state index in [1.165, 1.54) is 6.42 Å². The first-order valence-electron chi connectivity index (χ1n) is 6.27. The van der Waals surface area contributed by atoms with Crippen LogP contribution in [-0.2, 0) is 10.0 Å². The van der Waals surface area contributed by atoms with Crippen LogP contribution in [0.4, 0.5) is 0 Å². The fourth-order valence-corrected chi connectivity index (χ4v) is 4.11. The molecule has 100 valence electrons. The van der Waals surface area contributed by atoms with Crippen LogP contribution in [0, 0.1) is 9.49 Å². The lowest BCUT2D eigenvalue weighted by Gasteiger charge is -2.29.